The molecule has 0 bridgehead atoms. The van der Waals surface area contributed by atoms with Crippen LogP contribution in [0.2, 0.25) is 5.02 Å². The van der Waals surface area contributed by atoms with Crippen molar-refractivity contribution in [2.75, 3.05) is 36.9 Å². The quantitative estimate of drug-likeness (QED) is 0.458. The molecule has 1 fully saturated rings. The molecule has 3 heterocycles. The number of nitrogen functional groups attached to an aromatic ring is 1. The molecule has 1 aliphatic heterocycles. The van der Waals surface area contributed by atoms with Crippen LogP contribution in [-0.4, -0.2) is 36.3 Å². The normalized spacial score (nSPS) is 15.1. The van der Waals surface area contributed by atoms with Gasteiger partial charge in [-0.2, -0.15) is 0 Å². The van der Waals surface area contributed by atoms with E-state index in [0.717, 1.165) is 51.9 Å². The van der Waals surface area contributed by atoms with Gasteiger partial charge in [0.2, 0.25) is 0 Å². The highest BCUT2D eigenvalue weighted by Crippen LogP contribution is 2.36. The summed E-state index contributed by atoms with van der Waals surface area (Å²) in [5, 5.41) is 1.59. The Balaban J connectivity index is 1.62. The highest BCUT2D eigenvalue weighted by atomic mass is 35.5. The van der Waals surface area contributed by atoms with Crippen LogP contribution in [0.15, 0.2) is 60.8 Å². The number of nitrogens with zero attached hydrogens (tertiary/aromatic N) is 3. The van der Waals surface area contributed by atoms with Crippen LogP contribution in [0.1, 0.15) is 22.9 Å². The lowest BCUT2D eigenvalue weighted by atomic mass is 9.89. The zero-order valence-electron chi connectivity index (χ0n) is 18.5. The van der Waals surface area contributed by atoms with Crippen molar-refractivity contribution in [1.82, 2.24) is 9.97 Å². The number of hydrogen-bond donors (Lipinski definition) is 2. The van der Waals surface area contributed by atoms with Crippen molar-refractivity contribution < 1.29 is 4.74 Å². The summed E-state index contributed by atoms with van der Waals surface area (Å²) in [5.41, 5.74) is 19.7. The summed E-state index contributed by atoms with van der Waals surface area (Å²) >= 11 is 6.42. The van der Waals surface area contributed by atoms with Gasteiger partial charge in [0.05, 0.1) is 41.2 Å². The van der Waals surface area contributed by atoms with Gasteiger partial charge < -0.3 is 21.1 Å². The predicted octanol–water partition coefficient (Wildman–Crippen LogP) is 4.73. The maximum absolute atomic E-state index is 6.68. The summed E-state index contributed by atoms with van der Waals surface area (Å²) in [5.74, 6) is 0.542. The lowest BCUT2D eigenvalue weighted by molar-refractivity contribution is 0.123. The first-order valence-electron chi connectivity index (χ1n) is 11.0. The molecular weight excluding hydrogens is 434 g/mol. The molecule has 7 heteroatoms. The van der Waals surface area contributed by atoms with Gasteiger partial charge in [0, 0.05) is 24.7 Å². The van der Waals surface area contributed by atoms with Crippen molar-refractivity contribution in [3.63, 3.8) is 0 Å². The molecule has 2 aromatic carbocycles. The van der Waals surface area contributed by atoms with Crippen molar-refractivity contribution in [2.45, 2.75) is 13.0 Å². The number of aryl methyl sites for hydroxylation is 1. The van der Waals surface area contributed by atoms with Crippen LogP contribution in [-0.2, 0) is 4.74 Å². The van der Waals surface area contributed by atoms with Crippen LogP contribution in [0.25, 0.3) is 22.0 Å². The van der Waals surface area contributed by atoms with Gasteiger partial charge in [-0.1, -0.05) is 35.9 Å². The summed E-state index contributed by atoms with van der Waals surface area (Å²) in [6.07, 6.45) is 1.72. The zero-order valence-corrected chi connectivity index (χ0v) is 19.2. The number of anilines is 2. The van der Waals surface area contributed by atoms with Gasteiger partial charge in [-0.25, -0.2) is 4.98 Å². The molecule has 0 saturated carbocycles. The molecule has 168 valence electrons. The van der Waals surface area contributed by atoms with E-state index < -0.39 is 6.04 Å². The van der Waals surface area contributed by atoms with Crippen LogP contribution >= 0.6 is 11.6 Å². The lowest BCUT2D eigenvalue weighted by Crippen LogP contribution is -2.36. The second-order valence-corrected chi connectivity index (χ2v) is 8.69. The van der Waals surface area contributed by atoms with E-state index in [-0.39, 0.29) is 0 Å². The van der Waals surface area contributed by atoms with Crippen molar-refractivity contribution in [3.8, 4) is 11.1 Å². The maximum atomic E-state index is 6.68. The first-order chi connectivity index (χ1) is 16.0. The van der Waals surface area contributed by atoms with Crippen molar-refractivity contribution in [3.05, 3.63) is 82.6 Å². The Labute approximate surface area is 198 Å². The number of rotatable bonds is 4. The van der Waals surface area contributed by atoms with E-state index in [1.54, 1.807) is 6.20 Å². The largest absolute Gasteiger partial charge is 0.382 e. The van der Waals surface area contributed by atoms with Crippen molar-refractivity contribution in [1.29, 1.82) is 0 Å². The molecule has 1 saturated heterocycles. The van der Waals surface area contributed by atoms with Gasteiger partial charge in [-0.15, -0.1) is 0 Å². The molecule has 0 spiro atoms. The number of halogens is 1. The Kier molecular flexibility index (Phi) is 5.89. The molecule has 0 radical (unpaired) electrons. The molecule has 1 unspecified atom stereocenters. The van der Waals surface area contributed by atoms with Crippen LogP contribution in [0, 0.1) is 6.92 Å². The smallest absolute Gasteiger partial charge is 0.147 e. The number of benzene rings is 2. The molecule has 4 aromatic rings. The molecule has 0 aliphatic carbocycles. The Morgan fingerprint density at radius 2 is 1.88 bits per heavy atom. The number of nitrogens with two attached hydrogens (primary N) is 2. The van der Waals surface area contributed by atoms with Crippen molar-refractivity contribution >= 4 is 34.0 Å². The number of pyridine rings is 2. The van der Waals surface area contributed by atoms with Gasteiger partial charge in [0.25, 0.3) is 0 Å². The van der Waals surface area contributed by atoms with Gasteiger partial charge in [-0.05, 0) is 59.5 Å². The molecule has 1 atom stereocenters. The molecule has 6 nitrogen and oxygen atoms in total. The summed E-state index contributed by atoms with van der Waals surface area (Å²) < 4.78 is 5.49. The molecule has 0 amide bonds. The molecule has 1 aliphatic rings. The van der Waals surface area contributed by atoms with Crippen molar-refractivity contribution in [2.24, 2.45) is 5.73 Å². The third kappa shape index (κ3) is 4.13. The topological polar surface area (TPSA) is 90.3 Å². The number of ether oxygens (including phenoxy) is 1. The number of morpholine rings is 1. The van der Waals surface area contributed by atoms with Gasteiger partial charge in [0.15, 0.2) is 0 Å². The molecule has 4 N–H and O–H groups in total. The first kappa shape index (κ1) is 21.6. The highest BCUT2D eigenvalue weighted by molar-refractivity contribution is 6.31. The Hall–Kier alpha value is -3.19. The lowest BCUT2D eigenvalue weighted by Gasteiger charge is -2.29. The molecule has 2 aromatic heterocycles. The van der Waals surface area contributed by atoms with Crippen LogP contribution < -0.4 is 16.4 Å². The fourth-order valence-corrected chi connectivity index (χ4v) is 4.75. The molecular formula is C26H26ClN5O. The van der Waals surface area contributed by atoms with E-state index in [2.05, 4.69) is 46.1 Å². The average molecular weight is 460 g/mol. The van der Waals surface area contributed by atoms with Crippen LogP contribution in [0.3, 0.4) is 0 Å². The third-order valence-electron chi connectivity index (χ3n) is 6.19. The molecule has 5 rings (SSSR count). The maximum Gasteiger partial charge on any atom is 0.147 e. The number of hydrogen-bond acceptors (Lipinski definition) is 6. The summed E-state index contributed by atoms with van der Waals surface area (Å²) in [6.45, 7) is 5.09. The average Bonchev–Trinajstić information content (AvgIpc) is 2.84. The fraction of sp³-hybridized carbons (Fsp3) is 0.231. The zero-order chi connectivity index (χ0) is 22.9. The Bertz CT molecular complexity index is 1320. The van der Waals surface area contributed by atoms with E-state index >= 15 is 0 Å². The second-order valence-electron chi connectivity index (χ2n) is 8.29. The standard InChI is InChI=1S/C26H26ClN5O/c1-16-4-2-5-19(24(28)25-20(27)6-3-9-30-25)23(16)17-7-8-21-18(14-17)15-22(26(29)31-21)32-10-12-33-13-11-32/h2-9,14-15,24H,10-13,28H2,1H3,(H2,29,31). The molecule has 33 heavy (non-hydrogen) atoms. The fourth-order valence-electron chi connectivity index (χ4n) is 4.51. The summed E-state index contributed by atoms with van der Waals surface area (Å²) in [4.78, 5) is 11.3. The summed E-state index contributed by atoms with van der Waals surface area (Å²) in [6, 6.07) is 17.7. The van der Waals surface area contributed by atoms with Gasteiger partial charge in [-0.3, -0.25) is 4.98 Å². The predicted molar refractivity (Wildman–Crippen MR) is 135 cm³/mol. The van der Waals surface area contributed by atoms with E-state index in [9.17, 15) is 0 Å². The van der Waals surface area contributed by atoms with Crippen LogP contribution in [0.5, 0.6) is 0 Å². The van der Waals surface area contributed by atoms with E-state index in [1.165, 1.54) is 0 Å². The number of fused-ring (bicyclic) bond motifs is 1. The van der Waals surface area contributed by atoms with E-state index in [4.69, 9.17) is 27.8 Å². The minimum Gasteiger partial charge on any atom is -0.382 e. The van der Waals surface area contributed by atoms with Gasteiger partial charge in [0.1, 0.15) is 5.82 Å². The van der Waals surface area contributed by atoms with E-state index in [1.807, 2.05) is 30.3 Å². The minimum atomic E-state index is -0.447. The SMILES string of the molecule is Cc1cccc(C(N)c2ncccc2Cl)c1-c1ccc2nc(N)c(N3CCOCC3)cc2c1. The number of aromatic nitrogens is 2. The summed E-state index contributed by atoms with van der Waals surface area (Å²) in [7, 11) is 0. The van der Waals surface area contributed by atoms with Crippen LogP contribution in [0.4, 0.5) is 11.5 Å². The highest BCUT2D eigenvalue weighted by Gasteiger charge is 2.20. The van der Waals surface area contributed by atoms with Gasteiger partial charge >= 0.3 is 0 Å². The Morgan fingerprint density at radius 3 is 2.67 bits per heavy atom. The second kappa shape index (κ2) is 8.98. The Morgan fingerprint density at radius 1 is 1.06 bits per heavy atom. The van der Waals surface area contributed by atoms with E-state index in [0.29, 0.717) is 29.7 Å². The third-order valence-corrected chi connectivity index (χ3v) is 6.50. The minimum absolute atomic E-state index is 0.447. The monoisotopic (exact) mass is 459 g/mol. The first-order valence-corrected chi connectivity index (χ1v) is 11.4.